The van der Waals surface area contributed by atoms with E-state index in [0.29, 0.717) is 12.0 Å². The second kappa shape index (κ2) is 14.0. The first-order valence-electron chi connectivity index (χ1n) is 10.7. The second-order valence-corrected chi connectivity index (χ2v) is 7.59. The minimum atomic E-state index is -1.42. The van der Waals surface area contributed by atoms with E-state index in [1.54, 1.807) is 21.3 Å². The Bertz CT molecular complexity index is 545. The Balaban J connectivity index is 2.57. The molecule has 6 heteroatoms. The number of ether oxygens (including phenoxy) is 3. The molecule has 0 amide bonds. The molecule has 0 fully saturated rings. The van der Waals surface area contributed by atoms with Crippen molar-refractivity contribution in [2.45, 2.75) is 83.5 Å². The van der Waals surface area contributed by atoms with Crippen molar-refractivity contribution >= 4 is 0 Å². The van der Waals surface area contributed by atoms with Crippen molar-refractivity contribution in [3.8, 4) is 0 Å². The summed E-state index contributed by atoms with van der Waals surface area (Å²) in [7, 11) is 4.72. The lowest BCUT2D eigenvalue weighted by molar-refractivity contribution is -0.380. The van der Waals surface area contributed by atoms with Crippen molar-refractivity contribution in [2.24, 2.45) is 5.92 Å². The molecule has 0 saturated carbocycles. The molecule has 1 rings (SSSR count). The van der Waals surface area contributed by atoms with Crippen LogP contribution in [0.15, 0.2) is 12.1 Å². The lowest BCUT2D eigenvalue weighted by atomic mass is 9.91. The quantitative estimate of drug-likeness (QED) is 0.168. The number of halogens is 3. The highest BCUT2D eigenvalue weighted by atomic mass is 19.2. The maximum Gasteiger partial charge on any atom is 0.285 e. The molecule has 0 radical (unpaired) electrons. The molecule has 1 unspecified atom stereocenters. The molecule has 1 aromatic carbocycles. The van der Waals surface area contributed by atoms with E-state index >= 15 is 0 Å². The molecule has 3 nitrogen and oxygen atoms in total. The topological polar surface area (TPSA) is 27.7 Å². The number of aryl methyl sites for hydroxylation is 1. The van der Waals surface area contributed by atoms with Gasteiger partial charge in [0, 0.05) is 27.2 Å². The molecule has 0 saturated heterocycles. The summed E-state index contributed by atoms with van der Waals surface area (Å²) >= 11 is 0. The highest BCUT2D eigenvalue weighted by molar-refractivity contribution is 5.19. The van der Waals surface area contributed by atoms with Crippen LogP contribution in [0.1, 0.15) is 76.7 Å². The molecular weight excluding hydrogens is 381 g/mol. The largest absolute Gasteiger partial charge is 0.331 e. The second-order valence-electron chi connectivity index (χ2n) is 7.59. The molecule has 1 atom stereocenters. The standard InChI is InChI=1S/C23H37F3O3/c1-5-6-7-8-9-10-14-19(23(27-2,28-3)29-4)15-12-11-13-18-16-20(24)22(26)21(25)17-18/h16-17,19H,5-15H2,1-4H3. The van der Waals surface area contributed by atoms with Gasteiger partial charge in [0.1, 0.15) is 0 Å². The summed E-state index contributed by atoms with van der Waals surface area (Å²) in [6.45, 7) is 2.20. The number of rotatable bonds is 16. The number of hydrogen-bond donors (Lipinski definition) is 0. The summed E-state index contributed by atoms with van der Waals surface area (Å²) in [4.78, 5) is 0. The maximum absolute atomic E-state index is 13.4. The van der Waals surface area contributed by atoms with Crippen molar-refractivity contribution in [3.63, 3.8) is 0 Å². The smallest absolute Gasteiger partial charge is 0.285 e. The van der Waals surface area contributed by atoms with Crippen LogP contribution in [0.4, 0.5) is 13.2 Å². The SMILES string of the molecule is CCCCCCCCC(CCCCc1cc(F)c(F)c(F)c1)C(OC)(OC)OC. The van der Waals surface area contributed by atoms with Gasteiger partial charge < -0.3 is 14.2 Å². The number of hydrogen-bond acceptors (Lipinski definition) is 3. The van der Waals surface area contributed by atoms with Crippen LogP contribution in [0.3, 0.4) is 0 Å². The predicted octanol–water partition coefficient (Wildman–Crippen LogP) is 6.78. The Kier molecular flexibility index (Phi) is 12.5. The average Bonchev–Trinajstić information content (AvgIpc) is 2.72. The summed E-state index contributed by atoms with van der Waals surface area (Å²) in [5, 5.41) is 0. The van der Waals surface area contributed by atoms with E-state index in [0.717, 1.165) is 50.7 Å². The van der Waals surface area contributed by atoms with Gasteiger partial charge in [-0.2, -0.15) is 0 Å². The molecule has 0 aliphatic carbocycles. The van der Waals surface area contributed by atoms with Crippen LogP contribution < -0.4 is 0 Å². The predicted molar refractivity (Wildman–Crippen MR) is 109 cm³/mol. The zero-order valence-electron chi connectivity index (χ0n) is 18.4. The Morgan fingerprint density at radius 2 is 1.24 bits per heavy atom. The number of unbranched alkanes of at least 4 members (excludes halogenated alkanes) is 6. The Labute approximate surface area is 173 Å². The van der Waals surface area contributed by atoms with Gasteiger partial charge in [0.2, 0.25) is 0 Å². The van der Waals surface area contributed by atoms with E-state index in [1.165, 1.54) is 25.7 Å². The van der Waals surface area contributed by atoms with Crippen molar-refractivity contribution in [1.29, 1.82) is 0 Å². The fourth-order valence-corrected chi connectivity index (χ4v) is 3.89. The summed E-state index contributed by atoms with van der Waals surface area (Å²) in [6, 6.07) is 2.13. The van der Waals surface area contributed by atoms with E-state index in [1.807, 2.05) is 0 Å². The minimum absolute atomic E-state index is 0.0513. The monoisotopic (exact) mass is 418 g/mol. The van der Waals surface area contributed by atoms with Crippen molar-refractivity contribution in [1.82, 2.24) is 0 Å². The molecule has 29 heavy (non-hydrogen) atoms. The fraction of sp³-hybridized carbons (Fsp3) is 0.739. The lowest BCUT2D eigenvalue weighted by Gasteiger charge is -2.36. The first kappa shape index (κ1) is 25.9. The van der Waals surface area contributed by atoms with E-state index in [2.05, 4.69) is 6.92 Å². The van der Waals surface area contributed by atoms with Crippen LogP contribution in [0.25, 0.3) is 0 Å². The van der Waals surface area contributed by atoms with E-state index in [4.69, 9.17) is 14.2 Å². The third kappa shape index (κ3) is 8.27. The van der Waals surface area contributed by atoms with Gasteiger partial charge in [-0.05, 0) is 43.4 Å². The van der Waals surface area contributed by atoms with Gasteiger partial charge >= 0.3 is 0 Å². The Hall–Kier alpha value is -1.11. The van der Waals surface area contributed by atoms with Gasteiger partial charge in [0.25, 0.3) is 5.97 Å². The minimum Gasteiger partial charge on any atom is -0.331 e. The van der Waals surface area contributed by atoms with E-state index < -0.39 is 23.4 Å². The molecule has 0 aliphatic heterocycles. The Morgan fingerprint density at radius 3 is 1.76 bits per heavy atom. The highest BCUT2D eigenvalue weighted by Gasteiger charge is 2.39. The van der Waals surface area contributed by atoms with Crippen molar-refractivity contribution < 1.29 is 27.4 Å². The fourth-order valence-electron chi connectivity index (χ4n) is 3.89. The lowest BCUT2D eigenvalue weighted by Crippen LogP contribution is -2.44. The molecule has 1 aromatic rings. The summed E-state index contributed by atoms with van der Waals surface area (Å²) < 4.78 is 56.5. The van der Waals surface area contributed by atoms with Gasteiger partial charge in [-0.3, -0.25) is 0 Å². The van der Waals surface area contributed by atoms with Crippen LogP contribution in [0.2, 0.25) is 0 Å². The molecule has 168 valence electrons. The number of methoxy groups -OCH3 is 3. The Morgan fingerprint density at radius 1 is 0.759 bits per heavy atom. The molecule has 0 N–H and O–H groups in total. The van der Waals surface area contributed by atoms with Crippen molar-refractivity contribution in [3.05, 3.63) is 35.1 Å². The zero-order chi connectivity index (χ0) is 21.7. The maximum atomic E-state index is 13.4. The molecular formula is C23H37F3O3. The van der Waals surface area contributed by atoms with Crippen LogP contribution >= 0.6 is 0 Å². The summed E-state index contributed by atoms with van der Waals surface area (Å²) in [5.74, 6) is -4.73. The molecule has 0 aromatic heterocycles. The third-order valence-electron chi connectivity index (χ3n) is 5.57. The molecule has 0 spiro atoms. The van der Waals surface area contributed by atoms with Gasteiger partial charge in [-0.15, -0.1) is 0 Å². The average molecular weight is 419 g/mol. The molecule has 0 bridgehead atoms. The summed E-state index contributed by atoms with van der Waals surface area (Å²) in [6.07, 6.45) is 11.0. The third-order valence-corrected chi connectivity index (χ3v) is 5.57. The summed E-state index contributed by atoms with van der Waals surface area (Å²) in [5.41, 5.74) is 0.463. The number of benzene rings is 1. The molecule has 0 aliphatic rings. The highest BCUT2D eigenvalue weighted by Crippen LogP contribution is 2.33. The zero-order valence-corrected chi connectivity index (χ0v) is 18.4. The van der Waals surface area contributed by atoms with Gasteiger partial charge in [0.05, 0.1) is 0 Å². The first-order chi connectivity index (χ1) is 13.9. The first-order valence-corrected chi connectivity index (χ1v) is 10.7. The van der Waals surface area contributed by atoms with E-state index in [9.17, 15) is 13.2 Å². The molecule has 0 heterocycles. The van der Waals surface area contributed by atoms with Gasteiger partial charge in [0.15, 0.2) is 17.5 Å². The van der Waals surface area contributed by atoms with Crippen LogP contribution in [0.5, 0.6) is 0 Å². The van der Waals surface area contributed by atoms with Crippen LogP contribution in [0, 0.1) is 23.4 Å². The van der Waals surface area contributed by atoms with Crippen LogP contribution in [-0.2, 0) is 20.6 Å². The van der Waals surface area contributed by atoms with Gasteiger partial charge in [-0.1, -0.05) is 51.9 Å². The van der Waals surface area contributed by atoms with E-state index in [-0.39, 0.29) is 5.92 Å². The van der Waals surface area contributed by atoms with Crippen molar-refractivity contribution in [2.75, 3.05) is 21.3 Å². The normalized spacial score (nSPS) is 13.1. The van der Waals surface area contributed by atoms with Crippen LogP contribution in [-0.4, -0.2) is 27.3 Å². The van der Waals surface area contributed by atoms with Gasteiger partial charge in [-0.25, -0.2) is 13.2 Å².